The average molecular weight is 391 g/mol. The van der Waals surface area contributed by atoms with E-state index in [1.165, 1.54) is 9.80 Å². The summed E-state index contributed by atoms with van der Waals surface area (Å²) < 4.78 is 40.2. The van der Waals surface area contributed by atoms with Gasteiger partial charge < -0.3 is 15.5 Å². The van der Waals surface area contributed by atoms with E-state index in [1.807, 2.05) is 18.2 Å². The van der Waals surface area contributed by atoms with Crippen molar-refractivity contribution in [3.05, 3.63) is 65.0 Å². The van der Waals surface area contributed by atoms with Crippen molar-refractivity contribution >= 4 is 17.5 Å². The fourth-order valence-corrected chi connectivity index (χ4v) is 3.24. The molecule has 0 spiro atoms. The van der Waals surface area contributed by atoms with Gasteiger partial charge in [0.1, 0.15) is 12.4 Å². The molecule has 0 bridgehead atoms. The van der Waals surface area contributed by atoms with Crippen molar-refractivity contribution in [1.29, 1.82) is 0 Å². The average Bonchev–Trinajstić information content (AvgIpc) is 2.77. The largest absolute Gasteiger partial charge is 0.329 e. The Hall–Kier alpha value is -2.87. The lowest BCUT2D eigenvalue weighted by atomic mass is 10.0. The van der Waals surface area contributed by atoms with Crippen LogP contribution in [0.25, 0.3) is 0 Å². The van der Waals surface area contributed by atoms with Gasteiger partial charge in [-0.15, -0.1) is 0 Å². The summed E-state index contributed by atoms with van der Waals surface area (Å²) in [6, 6.07) is 7.67. The molecule has 28 heavy (non-hydrogen) atoms. The number of anilines is 1. The smallest absolute Gasteiger partial charge is 0.246 e. The quantitative estimate of drug-likeness (QED) is 0.814. The summed E-state index contributed by atoms with van der Waals surface area (Å²) in [5.74, 6) is -3.97. The van der Waals surface area contributed by atoms with Crippen molar-refractivity contribution < 1.29 is 22.8 Å². The Kier molecular flexibility index (Phi) is 5.69. The van der Waals surface area contributed by atoms with E-state index in [-0.39, 0.29) is 43.3 Å². The molecular weight excluding hydrogens is 371 g/mol. The van der Waals surface area contributed by atoms with Crippen LogP contribution in [0.15, 0.2) is 36.4 Å². The maximum absolute atomic E-state index is 13.8. The molecule has 0 unspecified atom stereocenters. The molecule has 0 saturated carbocycles. The Morgan fingerprint density at radius 2 is 1.79 bits per heavy atom. The van der Waals surface area contributed by atoms with Gasteiger partial charge in [-0.1, -0.05) is 18.2 Å². The molecule has 2 N–H and O–H groups in total. The Labute approximate surface area is 160 Å². The number of likely N-dealkylation sites (N-methyl/N-ethyl adjacent to an activating group) is 1. The van der Waals surface area contributed by atoms with E-state index in [1.54, 1.807) is 13.1 Å². The predicted molar refractivity (Wildman–Crippen MR) is 97.9 cm³/mol. The van der Waals surface area contributed by atoms with Gasteiger partial charge in [-0.2, -0.15) is 0 Å². The number of para-hydroxylation sites is 1. The van der Waals surface area contributed by atoms with E-state index in [0.29, 0.717) is 6.07 Å². The van der Waals surface area contributed by atoms with Crippen molar-refractivity contribution in [2.45, 2.75) is 25.4 Å². The highest BCUT2D eigenvalue weighted by molar-refractivity contribution is 5.98. The van der Waals surface area contributed by atoms with Crippen LogP contribution >= 0.6 is 0 Å². The van der Waals surface area contributed by atoms with Crippen LogP contribution in [0.5, 0.6) is 0 Å². The molecule has 1 aliphatic rings. The first kappa shape index (κ1) is 19.9. The van der Waals surface area contributed by atoms with Crippen molar-refractivity contribution in [2.24, 2.45) is 5.73 Å². The van der Waals surface area contributed by atoms with Gasteiger partial charge in [-0.05, 0) is 29.7 Å². The molecule has 1 aliphatic heterocycles. The molecule has 2 aromatic carbocycles. The summed E-state index contributed by atoms with van der Waals surface area (Å²) >= 11 is 0. The zero-order chi connectivity index (χ0) is 20.4. The molecule has 2 amide bonds. The van der Waals surface area contributed by atoms with Gasteiger partial charge >= 0.3 is 0 Å². The summed E-state index contributed by atoms with van der Waals surface area (Å²) in [6.07, 6.45) is -0.287. The lowest BCUT2D eigenvalue weighted by molar-refractivity contribution is -0.135. The SMILES string of the molecule is CN1C(=O)CN(C(=O)C[C@H](N)Cc2cc(F)c(F)cc2F)Cc2ccccc21. The number of carbonyl (C=O) groups is 2. The zero-order valence-corrected chi connectivity index (χ0v) is 15.3. The first-order valence-corrected chi connectivity index (χ1v) is 8.77. The predicted octanol–water partition coefficient (Wildman–Crippen LogP) is 2.37. The Morgan fingerprint density at radius 3 is 2.54 bits per heavy atom. The monoisotopic (exact) mass is 391 g/mol. The van der Waals surface area contributed by atoms with Gasteiger partial charge in [0.2, 0.25) is 11.8 Å². The molecule has 1 heterocycles. The Morgan fingerprint density at radius 1 is 1.11 bits per heavy atom. The molecule has 2 aromatic rings. The fraction of sp³-hybridized carbons (Fsp3) is 0.300. The number of amides is 2. The number of halogens is 3. The van der Waals surface area contributed by atoms with Crippen LogP contribution in [-0.2, 0) is 22.6 Å². The third kappa shape index (κ3) is 4.17. The number of rotatable bonds is 4. The first-order valence-electron chi connectivity index (χ1n) is 8.77. The van der Waals surface area contributed by atoms with E-state index >= 15 is 0 Å². The summed E-state index contributed by atoms with van der Waals surface area (Å²) in [4.78, 5) is 27.9. The van der Waals surface area contributed by atoms with Crippen LogP contribution in [0.1, 0.15) is 17.5 Å². The Balaban J connectivity index is 1.70. The third-order valence-corrected chi connectivity index (χ3v) is 4.78. The number of nitrogens with two attached hydrogens (primary N) is 1. The minimum Gasteiger partial charge on any atom is -0.329 e. The van der Waals surface area contributed by atoms with Gasteiger partial charge in [-0.25, -0.2) is 13.2 Å². The highest BCUT2D eigenvalue weighted by atomic mass is 19.2. The minimum absolute atomic E-state index is 0.101. The number of hydrogen-bond acceptors (Lipinski definition) is 3. The van der Waals surface area contributed by atoms with E-state index < -0.39 is 23.5 Å². The van der Waals surface area contributed by atoms with Crippen LogP contribution in [0, 0.1) is 17.5 Å². The van der Waals surface area contributed by atoms with E-state index in [0.717, 1.165) is 17.3 Å². The number of benzene rings is 2. The maximum atomic E-state index is 13.8. The second-order valence-corrected chi connectivity index (χ2v) is 6.86. The molecule has 5 nitrogen and oxygen atoms in total. The summed E-state index contributed by atoms with van der Waals surface area (Å²) in [6.45, 7) is 0.146. The van der Waals surface area contributed by atoms with Gasteiger partial charge in [0.05, 0.1) is 0 Å². The molecule has 0 radical (unpaired) electrons. The maximum Gasteiger partial charge on any atom is 0.246 e. The lowest BCUT2D eigenvalue weighted by Crippen LogP contribution is -2.41. The normalized spacial score (nSPS) is 15.2. The molecule has 148 valence electrons. The topological polar surface area (TPSA) is 66.6 Å². The zero-order valence-electron chi connectivity index (χ0n) is 15.3. The number of nitrogens with zero attached hydrogens (tertiary/aromatic N) is 2. The van der Waals surface area contributed by atoms with E-state index in [2.05, 4.69) is 0 Å². The minimum atomic E-state index is -1.28. The van der Waals surface area contributed by atoms with Crippen molar-refractivity contribution in [1.82, 2.24) is 4.90 Å². The highest BCUT2D eigenvalue weighted by Crippen LogP contribution is 2.25. The second kappa shape index (κ2) is 8.02. The molecule has 0 aromatic heterocycles. The third-order valence-electron chi connectivity index (χ3n) is 4.78. The van der Waals surface area contributed by atoms with Crippen LogP contribution in [0.2, 0.25) is 0 Å². The van der Waals surface area contributed by atoms with E-state index in [9.17, 15) is 22.8 Å². The molecule has 3 rings (SSSR count). The number of hydrogen-bond donors (Lipinski definition) is 1. The van der Waals surface area contributed by atoms with Gasteiger partial charge in [0.15, 0.2) is 11.6 Å². The van der Waals surface area contributed by atoms with Gasteiger partial charge in [0, 0.05) is 37.8 Å². The summed E-state index contributed by atoms with van der Waals surface area (Å²) in [5, 5.41) is 0. The van der Waals surface area contributed by atoms with E-state index in [4.69, 9.17) is 5.73 Å². The molecule has 8 heteroatoms. The molecular formula is C20H20F3N3O2. The Bertz CT molecular complexity index is 920. The van der Waals surface area contributed by atoms with Crippen molar-refractivity contribution in [2.75, 3.05) is 18.5 Å². The summed E-state index contributed by atoms with van der Waals surface area (Å²) in [5.41, 5.74) is 7.40. The molecule has 1 atom stereocenters. The van der Waals surface area contributed by atoms with Crippen LogP contribution < -0.4 is 10.6 Å². The van der Waals surface area contributed by atoms with Crippen molar-refractivity contribution in [3.63, 3.8) is 0 Å². The molecule has 0 saturated heterocycles. The lowest BCUT2D eigenvalue weighted by Gasteiger charge is -2.22. The van der Waals surface area contributed by atoms with Crippen molar-refractivity contribution in [3.8, 4) is 0 Å². The standard InChI is InChI=1S/C20H20F3N3O2/c1-25-18-5-3-2-4-12(18)10-26(11-20(25)28)19(27)8-14(24)6-13-7-16(22)17(23)9-15(13)21/h2-5,7,9,14H,6,8,10-11,24H2,1H3/t14-/m1/s1. The number of fused-ring (bicyclic) bond motifs is 1. The van der Waals surface area contributed by atoms with Gasteiger partial charge in [0.25, 0.3) is 0 Å². The first-order chi connectivity index (χ1) is 13.3. The van der Waals surface area contributed by atoms with Crippen LogP contribution in [-0.4, -0.2) is 36.3 Å². The van der Waals surface area contributed by atoms with Crippen LogP contribution in [0.3, 0.4) is 0 Å². The molecule has 0 aliphatic carbocycles. The highest BCUT2D eigenvalue weighted by Gasteiger charge is 2.27. The van der Waals surface area contributed by atoms with Gasteiger partial charge in [-0.3, -0.25) is 9.59 Å². The second-order valence-electron chi connectivity index (χ2n) is 6.86. The number of carbonyl (C=O) groups excluding carboxylic acids is 2. The fourth-order valence-electron chi connectivity index (χ4n) is 3.24. The van der Waals surface area contributed by atoms with Crippen LogP contribution in [0.4, 0.5) is 18.9 Å². The molecule has 0 fully saturated rings. The summed E-state index contributed by atoms with van der Waals surface area (Å²) in [7, 11) is 1.65.